The monoisotopic (exact) mass is 620 g/mol. The summed E-state index contributed by atoms with van der Waals surface area (Å²) in [5, 5.41) is 36.3. The number of benzene rings is 2. The summed E-state index contributed by atoms with van der Waals surface area (Å²) < 4.78 is 5.88. The Hall–Kier alpha value is -5.54. The van der Waals surface area contributed by atoms with Crippen LogP contribution in [0.15, 0.2) is 36.4 Å². The number of anilines is 6. The van der Waals surface area contributed by atoms with Crippen LogP contribution >= 0.6 is 0 Å². The second-order valence-corrected chi connectivity index (χ2v) is 10.8. The van der Waals surface area contributed by atoms with Crippen molar-refractivity contribution in [2.24, 2.45) is 0 Å². The number of aromatic hydroxyl groups is 3. The molecule has 0 unspecified atom stereocenters. The van der Waals surface area contributed by atoms with Crippen molar-refractivity contribution in [2.75, 3.05) is 92.8 Å². The second kappa shape index (κ2) is 14.3. The van der Waals surface area contributed by atoms with E-state index < -0.39 is 0 Å². The lowest BCUT2D eigenvalue weighted by Crippen LogP contribution is -2.27. The fraction of sp³-hybridized carbons (Fsp3) is 0.379. The predicted octanol–water partition coefficient (Wildman–Crippen LogP) is 2.11. The number of aromatic nitrogens is 6. The van der Waals surface area contributed by atoms with Crippen molar-refractivity contribution >= 4 is 35.7 Å². The van der Waals surface area contributed by atoms with Crippen molar-refractivity contribution in [1.82, 2.24) is 29.9 Å². The molecule has 4 rings (SSSR count). The Kier molecular flexibility index (Phi) is 10.3. The maximum absolute atomic E-state index is 10.7. The molecule has 0 atom stereocenters. The highest BCUT2D eigenvalue weighted by molar-refractivity contribution is 5.47. The van der Waals surface area contributed by atoms with Crippen molar-refractivity contribution in [3.05, 3.63) is 47.5 Å². The molecule has 0 fully saturated rings. The number of ether oxygens (including phenoxy) is 1. The number of hydrogen-bond acceptors (Lipinski definition) is 16. The van der Waals surface area contributed by atoms with Crippen molar-refractivity contribution < 1.29 is 20.1 Å². The molecule has 0 aliphatic heterocycles. The molecular weight excluding hydrogens is 580 g/mol. The van der Waals surface area contributed by atoms with Crippen molar-refractivity contribution in [2.45, 2.75) is 13.0 Å². The van der Waals surface area contributed by atoms with Gasteiger partial charge >= 0.3 is 0 Å². The molecule has 0 radical (unpaired) electrons. The van der Waals surface area contributed by atoms with E-state index in [1.54, 1.807) is 35.0 Å². The first-order chi connectivity index (χ1) is 21.4. The van der Waals surface area contributed by atoms with Gasteiger partial charge in [-0.1, -0.05) is 12.1 Å². The van der Waals surface area contributed by atoms with Gasteiger partial charge in [0, 0.05) is 62.4 Å². The quantitative estimate of drug-likeness (QED) is 0.102. The van der Waals surface area contributed by atoms with E-state index in [0.717, 1.165) is 11.1 Å². The molecule has 5 N–H and O–H groups in total. The van der Waals surface area contributed by atoms with Gasteiger partial charge in [-0.15, -0.1) is 0 Å². The van der Waals surface area contributed by atoms with E-state index in [1.165, 1.54) is 12.1 Å². The Labute approximate surface area is 262 Å². The van der Waals surface area contributed by atoms with Crippen molar-refractivity contribution in [3.8, 4) is 23.0 Å². The predicted molar refractivity (Wildman–Crippen MR) is 174 cm³/mol. The molecular formula is C29H40N12O4. The van der Waals surface area contributed by atoms with Gasteiger partial charge in [0.25, 0.3) is 0 Å². The van der Waals surface area contributed by atoms with Crippen molar-refractivity contribution in [1.29, 1.82) is 0 Å². The van der Waals surface area contributed by atoms with E-state index in [1.807, 2.05) is 58.2 Å². The third-order valence-corrected chi connectivity index (χ3v) is 6.39. The van der Waals surface area contributed by atoms with Gasteiger partial charge < -0.3 is 50.3 Å². The van der Waals surface area contributed by atoms with Crippen LogP contribution in [0.25, 0.3) is 0 Å². The summed E-state index contributed by atoms with van der Waals surface area (Å²) in [5.74, 6) is 2.60. The Morgan fingerprint density at radius 2 is 1.13 bits per heavy atom. The normalized spacial score (nSPS) is 10.7. The van der Waals surface area contributed by atoms with Crippen LogP contribution in [0.5, 0.6) is 23.0 Å². The largest absolute Gasteiger partial charge is 0.504 e. The molecule has 0 aliphatic carbocycles. The lowest BCUT2D eigenvalue weighted by molar-refractivity contribution is 0.300. The van der Waals surface area contributed by atoms with E-state index in [0.29, 0.717) is 60.9 Å². The second-order valence-electron chi connectivity index (χ2n) is 10.8. The number of hydrogen-bond donors (Lipinski definition) is 5. The van der Waals surface area contributed by atoms with Crippen LogP contribution < -0.4 is 35.0 Å². The summed E-state index contributed by atoms with van der Waals surface area (Å²) in [6.07, 6.45) is 0.617. The van der Waals surface area contributed by atoms with Gasteiger partial charge in [0.05, 0.1) is 0 Å². The molecule has 16 nitrogen and oxygen atoms in total. The Balaban J connectivity index is 1.36. The Morgan fingerprint density at radius 3 is 1.71 bits per heavy atom. The fourth-order valence-corrected chi connectivity index (χ4v) is 3.88. The molecule has 2 heterocycles. The first-order valence-electron chi connectivity index (χ1n) is 14.1. The summed E-state index contributed by atoms with van der Waals surface area (Å²) in [4.78, 5) is 33.8. The van der Waals surface area contributed by atoms with Crippen LogP contribution in [0.2, 0.25) is 0 Å². The Bertz CT molecular complexity index is 1580. The number of rotatable bonds is 14. The standard InChI is InChI=1S/C29H40N12O4/c1-38(2)26-32-24(33-27(36-26)39(3)4)30-13-12-18-9-11-23(22(44)14-18)45-17-41(7)29-35-25(34-28(37-29)40(5)6)31-16-19-8-10-20(42)21(43)15-19/h8-11,14-15,42-44H,12-13,16-17H2,1-7H3,(H,30,32,33,36)(H,31,34,35,37). The van der Waals surface area contributed by atoms with Crippen LogP contribution in [0.1, 0.15) is 11.1 Å². The molecule has 45 heavy (non-hydrogen) atoms. The molecule has 0 amide bonds. The molecule has 0 saturated heterocycles. The average Bonchev–Trinajstić information content (AvgIpc) is 3.00. The summed E-state index contributed by atoms with van der Waals surface area (Å²) in [5.41, 5.74) is 1.63. The molecule has 4 aromatic rings. The smallest absolute Gasteiger partial charge is 0.234 e. The zero-order valence-corrected chi connectivity index (χ0v) is 26.5. The Morgan fingerprint density at radius 1 is 0.600 bits per heavy atom. The topological polar surface area (TPSA) is 184 Å². The third kappa shape index (κ3) is 8.75. The average molecular weight is 621 g/mol. The first kappa shape index (κ1) is 32.4. The van der Waals surface area contributed by atoms with E-state index in [4.69, 9.17) is 4.74 Å². The van der Waals surface area contributed by atoms with Gasteiger partial charge in [-0.25, -0.2) is 0 Å². The number of phenols is 3. The first-order valence-corrected chi connectivity index (χ1v) is 14.1. The van der Waals surface area contributed by atoms with E-state index in [-0.39, 0.29) is 24.0 Å². The van der Waals surface area contributed by atoms with E-state index >= 15 is 0 Å². The zero-order chi connectivity index (χ0) is 32.7. The van der Waals surface area contributed by atoms with E-state index in [2.05, 4.69) is 40.5 Å². The fourth-order valence-electron chi connectivity index (χ4n) is 3.88. The third-order valence-electron chi connectivity index (χ3n) is 6.39. The molecule has 240 valence electrons. The minimum Gasteiger partial charge on any atom is -0.504 e. The van der Waals surface area contributed by atoms with Gasteiger partial charge in [-0.2, -0.15) is 29.9 Å². The highest BCUT2D eigenvalue weighted by Crippen LogP contribution is 2.28. The maximum atomic E-state index is 10.7. The SMILES string of the molecule is CN(C)c1nc(NCCc2ccc(OCN(C)c3nc(NCc4ccc(O)c(O)c4)nc(N(C)C)n3)c(O)c2)nc(N(C)C)n1. The van der Waals surface area contributed by atoms with Gasteiger partial charge in [0.1, 0.15) is 0 Å². The van der Waals surface area contributed by atoms with Gasteiger partial charge in [0.2, 0.25) is 35.7 Å². The molecule has 0 bridgehead atoms. The van der Waals surface area contributed by atoms with Crippen LogP contribution in [0.3, 0.4) is 0 Å². The van der Waals surface area contributed by atoms with Gasteiger partial charge in [-0.05, 0) is 41.8 Å². The zero-order valence-electron chi connectivity index (χ0n) is 26.5. The molecule has 16 heteroatoms. The minimum absolute atomic E-state index is 0.00924. The van der Waals surface area contributed by atoms with Gasteiger partial charge in [-0.3, -0.25) is 0 Å². The summed E-state index contributed by atoms with van der Waals surface area (Å²) in [6, 6.07) is 9.83. The number of nitrogens with one attached hydrogen (secondary N) is 2. The maximum Gasteiger partial charge on any atom is 0.234 e. The highest BCUT2D eigenvalue weighted by atomic mass is 16.5. The summed E-state index contributed by atoms with van der Waals surface area (Å²) >= 11 is 0. The van der Waals surface area contributed by atoms with Crippen LogP contribution in [0.4, 0.5) is 35.7 Å². The molecule has 2 aromatic heterocycles. The lowest BCUT2D eigenvalue weighted by atomic mass is 10.1. The molecule has 0 saturated carbocycles. The van der Waals surface area contributed by atoms with Crippen LogP contribution in [-0.2, 0) is 13.0 Å². The van der Waals surface area contributed by atoms with Crippen molar-refractivity contribution in [3.63, 3.8) is 0 Å². The summed E-state index contributed by atoms with van der Waals surface area (Å²) in [7, 11) is 12.9. The molecule has 0 spiro atoms. The van der Waals surface area contributed by atoms with Crippen LogP contribution in [-0.4, -0.2) is 108 Å². The number of phenolic OH excluding ortho intramolecular Hbond substituents is 3. The van der Waals surface area contributed by atoms with E-state index in [9.17, 15) is 15.3 Å². The number of nitrogens with zero attached hydrogens (tertiary/aromatic N) is 10. The summed E-state index contributed by atoms with van der Waals surface area (Å²) in [6.45, 7) is 0.909. The lowest BCUT2D eigenvalue weighted by Gasteiger charge is -2.21. The minimum atomic E-state index is -0.207. The highest BCUT2D eigenvalue weighted by Gasteiger charge is 2.14. The van der Waals surface area contributed by atoms with Gasteiger partial charge in [0.15, 0.2) is 29.7 Å². The van der Waals surface area contributed by atoms with Crippen LogP contribution in [0, 0.1) is 0 Å². The molecule has 0 aliphatic rings. The molecule has 2 aromatic carbocycles.